The molecule has 1 aromatic rings. The molecule has 0 saturated carbocycles. The van der Waals surface area contributed by atoms with E-state index in [-0.39, 0.29) is 5.91 Å². The molecule has 0 aliphatic carbocycles. The second-order valence-electron chi connectivity index (χ2n) is 5.07. The Bertz CT molecular complexity index is 463. The molecule has 2 nitrogen and oxygen atoms in total. The molecule has 1 atom stereocenters. The van der Waals surface area contributed by atoms with Crippen molar-refractivity contribution in [3.8, 4) is 0 Å². The van der Waals surface area contributed by atoms with Gasteiger partial charge in [0.2, 0.25) is 0 Å². The first-order chi connectivity index (χ1) is 9.13. The van der Waals surface area contributed by atoms with Crippen LogP contribution in [-0.4, -0.2) is 23.4 Å². The molecule has 0 radical (unpaired) electrons. The Kier molecular flexibility index (Phi) is 5.17. The molecule has 0 aromatic heterocycles. The summed E-state index contributed by atoms with van der Waals surface area (Å²) in [6.07, 6.45) is 5.61. The monoisotopic (exact) mass is 297 g/mol. The molecule has 0 N–H and O–H groups in total. The van der Waals surface area contributed by atoms with E-state index in [4.69, 9.17) is 11.6 Å². The predicted molar refractivity (Wildman–Crippen MR) is 82.3 cm³/mol. The van der Waals surface area contributed by atoms with Crippen LogP contribution in [0.15, 0.2) is 23.1 Å². The summed E-state index contributed by atoms with van der Waals surface area (Å²) < 4.78 is 0. The van der Waals surface area contributed by atoms with Crippen molar-refractivity contribution in [2.24, 2.45) is 0 Å². The molecule has 19 heavy (non-hydrogen) atoms. The fourth-order valence-corrected chi connectivity index (χ4v) is 3.10. The molecule has 1 amide bonds. The number of hydrogen-bond donors (Lipinski definition) is 1. The van der Waals surface area contributed by atoms with Gasteiger partial charge in [0, 0.05) is 17.5 Å². The van der Waals surface area contributed by atoms with Crippen LogP contribution < -0.4 is 0 Å². The molecule has 1 fully saturated rings. The zero-order chi connectivity index (χ0) is 13.8. The fourth-order valence-electron chi connectivity index (χ4n) is 2.70. The third-order valence-corrected chi connectivity index (χ3v) is 4.40. The van der Waals surface area contributed by atoms with Crippen LogP contribution in [0.3, 0.4) is 0 Å². The number of thiol groups is 1. The van der Waals surface area contributed by atoms with Gasteiger partial charge in [-0.25, -0.2) is 0 Å². The summed E-state index contributed by atoms with van der Waals surface area (Å²) in [7, 11) is 0. The first-order valence-electron chi connectivity index (χ1n) is 6.93. The molecule has 1 aliphatic rings. The second-order valence-corrected chi connectivity index (χ2v) is 6.00. The third-order valence-electron chi connectivity index (χ3n) is 3.79. The van der Waals surface area contributed by atoms with Crippen molar-refractivity contribution in [1.29, 1.82) is 0 Å². The van der Waals surface area contributed by atoms with Crippen molar-refractivity contribution < 1.29 is 4.79 Å². The normalized spacial score (nSPS) is 20.2. The van der Waals surface area contributed by atoms with E-state index in [9.17, 15) is 4.79 Å². The van der Waals surface area contributed by atoms with Crippen LogP contribution in [0, 0.1) is 0 Å². The van der Waals surface area contributed by atoms with Gasteiger partial charge >= 0.3 is 0 Å². The number of benzene rings is 1. The molecular weight excluding hydrogens is 278 g/mol. The zero-order valence-corrected chi connectivity index (χ0v) is 12.9. The molecule has 2 rings (SSSR count). The number of likely N-dealkylation sites (tertiary alicyclic amines) is 1. The van der Waals surface area contributed by atoms with Gasteiger partial charge in [-0.1, -0.05) is 31.4 Å². The molecular formula is C15H20ClNOS. The van der Waals surface area contributed by atoms with Crippen molar-refractivity contribution in [2.45, 2.75) is 50.0 Å². The summed E-state index contributed by atoms with van der Waals surface area (Å²) in [6, 6.07) is 5.66. The Labute approximate surface area is 125 Å². The number of hydrogen-bond acceptors (Lipinski definition) is 2. The summed E-state index contributed by atoms with van der Waals surface area (Å²) in [6.45, 7) is 2.98. The summed E-state index contributed by atoms with van der Waals surface area (Å²) in [5, 5.41) is 0.516. The molecule has 104 valence electrons. The molecule has 1 heterocycles. The molecule has 0 spiro atoms. The summed E-state index contributed by atoms with van der Waals surface area (Å²) >= 11 is 10.5. The number of halogens is 1. The van der Waals surface area contributed by atoms with Crippen molar-refractivity contribution in [3.05, 3.63) is 28.8 Å². The van der Waals surface area contributed by atoms with Crippen molar-refractivity contribution >= 4 is 30.1 Å². The van der Waals surface area contributed by atoms with E-state index >= 15 is 0 Å². The lowest BCUT2D eigenvalue weighted by atomic mass is 10.1. The minimum Gasteiger partial charge on any atom is -0.336 e. The quantitative estimate of drug-likeness (QED) is 0.801. The smallest absolute Gasteiger partial charge is 0.255 e. The van der Waals surface area contributed by atoms with Crippen LogP contribution in [0.1, 0.15) is 49.4 Å². The van der Waals surface area contributed by atoms with Gasteiger partial charge in [0.05, 0.1) is 10.6 Å². The Hall–Kier alpha value is -0.670. The van der Waals surface area contributed by atoms with Gasteiger partial charge in [-0.15, -0.1) is 12.6 Å². The number of amides is 1. The predicted octanol–water partition coefficient (Wildman–Crippen LogP) is 4.42. The van der Waals surface area contributed by atoms with E-state index in [2.05, 4.69) is 19.6 Å². The van der Waals surface area contributed by atoms with Gasteiger partial charge in [0.15, 0.2) is 0 Å². The average molecular weight is 298 g/mol. The lowest BCUT2D eigenvalue weighted by Crippen LogP contribution is -2.39. The number of rotatable bonds is 2. The standard InChI is InChI=1S/C15H20ClNOS/c1-2-11-6-4-3-5-9-17(11)15(18)13-10-12(19)7-8-14(13)16/h7-8,10-11,19H,2-6,9H2,1H3. The zero-order valence-electron chi connectivity index (χ0n) is 11.2. The van der Waals surface area contributed by atoms with Crippen LogP contribution >= 0.6 is 24.2 Å². The van der Waals surface area contributed by atoms with Crippen LogP contribution in [0.5, 0.6) is 0 Å². The summed E-state index contributed by atoms with van der Waals surface area (Å²) in [5.41, 5.74) is 0.578. The van der Waals surface area contributed by atoms with Gasteiger partial charge in [-0.2, -0.15) is 0 Å². The number of nitrogens with zero attached hydrogens (tertiary/aromatic N) is 1. The van der Waals surface area contributed by atoms with Crippen molar-refractivity contribution in [1.82, 2.24) is 4.90 Å². The molecule has 1 aliphatic heterocycles. The highest BCUT2D eigenvalue weighted by Crippen LogP contribution is 2.26. The number of carbonyl (C=O) groups excluding carboxylic acids is 1. The highest BCUT2D eigenvalue weighted by molar-refractivity contribution is 7.80. The Balaban J connectivity index is 2.27. The third kappa shape index (κ3) is 3.46. The van der Waals surface area contributed by atoms with Crippen LogP contribution in [0.4, 0.5) is 0 Å². The van der Waals surface area contributed by atoms with E-state index in [0.29, 0.717) is 16.6 Å². The highest BCUT2D eigenvalue weighted by atomic mass is 35.5. The van der Waals surface area contributed by atoms with Gasteiger partial charge < -0.3 is 4.90 Å². The lowest BCUT2D eigenvalue weighted by molar-refractivity contribution is 0.0678. The van der Waals surface area contributed by atoms with Gasteiger partial charge in [0.1, 0.15) is 0 Å². The maximum absolute atomic E-state index is 12.7. The van der Waals surface area contributed by atoms with Crippen LogP contribution in [-0.2, 0) is 0 Å². The molecule has 4 heteroatoms. The lowest BCUT2D eigenvalue weighted by Gasteiger charge is -2.29. The first-order valence-corrected chi connectivity index (χ1v) is 7.75. The molecule has 1 unspecified atom stereocenters. The summed E-state index contributed by atoms with van der Waals surface area (Å²) in [4.78, 5) is 15.5. The molecule has 0 bridgehead atoms. The van der Waals surface area contributed by atoms with Crippen molar-refractivity contribution in [2.75, 3.05) is 6.54 Å². The summed E-state index contributed by atoms with van der Waals surface area (Å²) in [5.74, 6) is 0.0506. The van der Waals surface area contributed by atoms with E-state index < -0.39 is 0 Å². The first kappa shape index (κ1) is 14.7. The highest BCUT2D eigenvalue weighted by Gasteiger charge is 2.26. The van der Waals surface area contributed by atoms with E-state index in [1.165, 1.54) is 12.8 Å². The van der Waals surface area contributed by atoms with E-state index in [1.54, 1.807) is 12.1 Å². The van der Waals surface area contributed by atoms with E-state index in [1.807, 2.05) is 11.0 Å². The SMILES string of the molecule is CCC1CCCCCN1C(=O)c1cc(S)ccc1Cl. The number of carbonyl (C=O) groups is 1. The van der Waals surface area contributed by atoms with Crippen LogP contribution in [0.2, 0.25) is 5.02 Å². The second kappa shape index (κ2) is 6.67. The van der Waals surface area contributed by atoms with Gasteiger partial charge in [-0.3, -0.25) is 4.79 Å². The average Bonchev–Trinajstić information content (AvgIpc) is 2.65. The Morgan fingerprint density at radius 3 is 2.95 bits per heavy atom. The van der Waals surface area contributed by atoms with Gasteiger partial charge in [0.25, 0.3) is 5.91 Å². The Morgan fingerprint density at radius 2 is 2.21 bits per heavy atom. The Morgan fingerprint density at radius 1 is 1.42 bits per heavy atom. The van der Waals surface area contributed by atoms with Gasteiger partial charge in [-0.05, 0) is 37.5 Å². The maximum Gasteiger partial charge on any atom is 0.255 e. The van der Waals surface area contributed by atoms with E-state index in [0.717, 1.165) is 30.7 Å². The maximum atomic E-state index is 12.7. The van der Waals surface area contributed by atoms with Crippen LogP contribution in [0.25, 0.3) is 0 Å². The fraction of sp³-hybridized carbons (Fsp3) is 0.533. The molecule has 1 aromatic carbocycles. The molecule has 1 saturated heterocycles. The largest absolute Gasteiger partial charge is 0.336 e. The van der Waals surface area contributed by atoms with Crippen molar-refractivity contribution in [3.63, 3.8) is 0 Å². The minimum absolute atomic E-state index is 0.0506. The topological polar surface area (TPSA) is 20.3 Å². The minimum atomic E-state index is 0.0506.